The summed E-state index contributed by atoms with van der Waals surface area (Å²) in [5.74, 6) is 6.57. The lowest BCUT2D eigenvalue weighted by Crippen LogP contribution is -2.50. The number of amides is 1. The summed E-state index contributed by atoms with van der Waals surface area (Å²) in [6.07, 6.45) is 8.09. The number of sulfonamides is 1. The number of ether oxygens (including phenoxy) is 1. The van der Waals surface area contributed by atoms with Crippen LogP contribution in [0.25, 0.3) is 0 Å². The highest BCUT2D eigenvalue weighted by Gasteiger charge is 2.35. The van der Waals surface area contributed by atoms with E-state index in [0.717, 1.165) is 19.1 Å². The quantitative estimate of drug-likeness (QED) is 0.652. The van der Waals surface area contributed by atoms with Crippen molar-refractivity contribution in [1.82, 2.24) is 14.2 Å². The van der Waals surface area contributed by atoms with E-state index in [1.807, 2.05) is 6.92 Å². The molecular formula is C24H35N3O5S. The van der Waals surface area contributed by atoms with E-state index in [-0.39, 0.29) is 36.4 Å². The molecule has 0 saturated heterocycles. The largest absolute Gasteiger partial charge is 0.472 e. The van der Waals surface area contributed by atoms with Gasteiger partial charge in [0.05, 0.1) is 25.4 Å². The molecular weight excluding hydrogens is 442 g/mol. The number of rotatable bonds is 5. The zero-order valence-corrected chi connectivity index (χ0v) is 20.8. The highest BCUT2D eigenvalue weighted by atomic mass is 32.2. The highest BCUT2D eigenvalue weighted by molar-refractivity contribution is 7.88. The third kappa shape index (κ3) is 6.46. The Hall–Kier alpha value is -2.15. The number of likely N-dealkylation sites (N-methyl/N-ethyl adjacent to an activating group) is 1. The van der Waals surface area contributed by atoms with Gasteiger partial charge >= 0.3 is 0 Å². The van der Waals surface area contributed by atoms with Crippen LogP contribution in [0, 0.1) is 23.7 Å². The first kappa shape index (κ1) is 25.5. The van der Waals surface area contributed by atoms with Crippen LogP contribution in [-0.4, -0.2) is 78.8 Å². The van der Waals surface area contributed by atoms with Crippen molar-refractivity contribution in [3.63, 3.8) is 0 Å². The van der Waals surface area contributed by atoms with Gasteiger partial charge in [-0.05, 0) is 25.8 Å². The molecule has 1 aliphatic carbocycles. The van der Waals surface area contributed by atoms with Crippen molar-refractivity contribution >= 4 is 15.9 Å². The lowest BCUT2D eigenvalue weighted by Gasteiger charge is -2.37. The molecule has 1 aromatic heterocycles. The van der Waals surface area contributed by atoms with Crippen molar-refractivity contribution in [3.05, 3.63) is 23.4 Å². The molecule has 0 bridgehead atoms. The molecule has 1 aliphatic heterocycles. The predicted molar refractivity (Wildman–Crippen MR) is 126 cm³/mol. The van der Waals surface area contributed by atoms with Gasteiger partial charge in [-0.1, -0.05) is 38.0 Å². The highest BCUT2D eigenvalue weighted by Crippen LogP contribution is 2.28. The number of carbonyl (C=O) groups is 1. The Kier molecular flexibility index (Phi) is 8.38. The molecule has 3 atom stereocenters. The molecule has 2 aliphatic rings. The minimum atomic E-state index is -3.40. The topological polar surface area (TPSA) is 100 Å². The molecule has 0 unspecified atom stereocenters. The van der Waals surface area contributed by atoms with Crippen LogP contribution in [-0.2, 0) is 10.0 Å². The van der Waals surface area contributed by atoms with E-state index in [4.69, 9.17) is 4.74 Å². The van der Waals surface area contributed by atoms with Crippen LogP contribution in [0.15, 0.2) is 12.3 Å². The first-order chi connectivity index (χ1) is 15.6. The molecule has 33 heavy (non-hydrogen) atoms. The molecule has 8 nitrogen and oxygen atoms in total. The Balaban J connectivity index is 1.96. The van der Waals surface area contributed by atoms with Crippen LogP contribution in [0.4, 0.5) is 0 Å². The maximum Gasteiger partial charge on any atom is 0.259 e. The smallest absolute Gasteiger partial charge is 0.259 e. The van der Waals surface area contributed by atoms with Crippen molar-refractivity contribution in [3.8, 4) is 17.7 Å². The summed E-state index contributed by atoms with van der Waals surface area (Å²) in [4.78, 5) is 19.4. The summed E-state index contributed by atoms with van der Waals surface area (Å²) in [5.41, 5.74) is 0.927. The molecule has 0 spiro atoms. The van der Waals surface area contributed by atoms with E-state index in [9.17, 15) is 18.3 Å². The summed E-state index contributed by atoms with van der Waals surface area (Å²) in [5, 5.41) is 9.75. The SMILES string of the molecule is C[C@@H]1CN([C@H](C)CO)C(=O)c2cc(C#CC3CCCCC3)cnc2O[C@H]1CN(C)S(C)(=O)=O. The van der Waals surface area contributed by atoms with Crippen LogP contribution in [0.1, 0.15) is 61.9 Å². The van der Waals surface area contributed by atoms with Gasteiger partial charge in [-0.2, -0.15) is 0 Å². The fourth-order valence-corrected chi connectivity index (χ4v) is 4.63. The normalized spacial score (nSPS) is 23.1. The second kappa shape index (κ2) is 10.9. The van der Waals surface area contributed by atoms with Gasteiger partial charge in [0.2, 0.25) is 15.9 Å². The fourth-order valence-electron chi connectivity index (χ4n) is 4.21. The number of carbonyl (C=O) groups excluding carboxylic acids is 1. The van der Waals surface area contributed by atoms with Crippen LogP contribution >= 0.6 is 0 Å². The van der Waals surface area contributed by atoms with E-state index in [1.165, 1.54) is 30.6 Å². The van der Waals surface area contributed by atoms with Gasteiger partial charge in [0.1, 0.15) is 11.7 Å². The molecule has 0 aromatic carbocycles. The van der Waals surface area contributed by atoms with Crippen LogP contribution in [0.2, 0.25) is 0 Å². The van der Waals surface area contributed by atoms with Gasteiger partial charge in [0.15, 0.2) is 0 Å². The second-order valence-electron chi connectivity index (χ2n) is 9.35. The number of pyridine rings is 1. The first-order valence-electron chi connectivity index (χ1n) is 11.6. The Bertz CT molecular complexity index is 1010. The van der Waals surface area contributed by atoms with Crippen LogP contribution in [0.5, 0.6) is 5.88 Å². The standard InChI is InChI=1S/C24H35N3O5S/c1-17-14-27(18(2)16-28)24(29)21-12-20(11-10-19-8-6-5-7-9-19)13-25-23(21)32-22(17)15-26(3)33(4,30)31/h12-13,17-19,22,28H,5-9,14-16H2,1-4H3/t17-,18-,22+/m1/s1. The summed E-state index contributed by atoms with van der Waals surface area (Å²) in [6, 6.07) is 1.29. The number of aliphatic hydroxyl groups excluding tert-OH is 1. The Morgan fingerprint density at radius 3 is 2.67 bits per heavy atom. The summed E-state index contributed by atoms with van der Waals surface area (Å²) in [6.45, 7) is 3.95. The fraction of sp³-hybridized carbons (Fsp3) is 0.667. The lowest BCUT2D eigenvalue weighted by atomic mass is 9.90. The van der Waals surface area contributed by atoms with Crippen LogP contribution in [0.3, 0.4) is 0 Å². The molecule has 9 heteroatoms. The lowest BCUT2D eigenvalue weighted by molar-refractivity contribution is 0.0373. The Morgan fingerprint density at radius 1 is 1.33 bits per heavy atom. The molecule has 0 radical (unpaired) electrons. The number of hydrogen-bond acceptors (Lipinski definition) is 6. The maximum atomic E-state index is 13.4. The second-order valence-corrected chi connectivity index (χ2v) is 11.4. The molecule has 1 N–H and O–H groups in total. The van der Waals surface area contributed by atoms with Crippen molar-refractivity contribution in [2.75, 3.05) is 33.0 Å². The molecule has 1 saturated carbocycles. The predicted octanol–water partition coefficient (Wildman–Crippen LogP) is 2.12. The maximum absolute atomic E-state index is 13.4. The van der Waals surface area contributed by atoms with Crippen LogP contribution < -0.4 is 4.74 Å². The van der Waals surface area contributed by atoms with Gasteiger partial charge in [0, 0.05) is 37.2 Å². The minimum Gasteiger partial charge on any atom is -0.472 e. The van der Waals surface area contributed by atoms with Gasteiger partial charge < -0.3 is 14.7 Å². The summed E-state index contributed by atoms with van der Waals surface area (Å²) in [7, 11) is -1.90. The Labute approximate surface area is 197 Å². The van der Waals surface area contributed by atoms with E-state index in [1.54, 1.807) is 24.1 Å². The third-order valence-corrected chi connectivity index (χ3v) is 7.83. The third-order valence-electron chi connectivity index (χ3n) is 6.55. The Morgan fingerprint density at radius 2 is 2.03 bits per heavy atom. The summed E-state index contributed by atoms with van der Waals surface area (Å²) >= 11 is 0. The molecule has 3 rings (SSSR count). The monoisotopic (exact) mass is 477 g/mol. The van der Waals surface area contributed by atoms with Gasteiger partial charge in [-0.15, -0.1) is 0 Å². The number of aliphatic hydroxyl groups is 1. The number of fused-ring (bicyclic) bond motifs is 1. The zero-order chi connectivity index (χ0) is 24.2. The zero-order valence-electron chi connectivity index (χ0n) is 20.0. The van der Waals surface area contributed by atoms with Crippen molar-refractivity contribution in [2.24, 2.45) is 11.8 Å². The van der Waals surface area contributed by atoms with E-state index in [0.29, 0.717) is 18.0 Å². The molecule has 1 aromatic rings. The van der Waals surface area contributed by atoms with Gasteiger partial charge in [-0.25, -0.2) is 17.7 Å². The average molecular weight is 478 g/mol. The number of nitrogens with zero attached hydrogens (tertiary/aromatic N) is 3. The minimum absolute atomic E-state index is 0.125. The molecule has 2 heterocycles. The van der Waals surface area contributed by atoms with E-state index in [2.05, 4.69) is 16.8 Å². The number of hydrogen-bond donors (Lipinski definition) is 1. The van der Waals surface area contributed by atoms with Gasteiger partial charge in [-0.3, -0.25) is 4.79 Å². The van der Waals surface area contributed by atoms with Gasteiger partial charge in [0.25, 0.3) is 5.91 Å². The molecule has 1 fully saturated rings. The van der Waals surface area contributed by atoms with Crippen molar-refractivity contribution in [2.45, 2.75) is 58.1 Å². The van der Waals surface area contributed by atoms with E-state index < -0.39 is 22.2 Å². The molecule has 182 valence electrons. The van der Waals surface area contributed by atoms with Crippen molar-refractivity contribution in [1.29, 1.82) is 0 Å². The van der Waals surface area contributed by atoms with Crippen molar-refractivity contribution < 1.29 is 23.1 Å². The average Bonchev–Trinajstić information content (AvgIpc) is 2.79. The first-order valence-corrected chi connectivity index (χ1v) is 13.5. The summed E-state index contributed by atoms with van der Waals surface area (Å²) < 4.78 is 31.3. The van der Waals surface area contributed by atoms with E-state index >= 15 is 0 Å². The molecule has 1 amide bonds. The number of aromatic nitrogens is 1.